The van der Waals surface area contributed by atoms with Gasteiger partial charge in [-0.15, -0.1) is 0 Å². The second-order valence-electron chi connectivity index (χ2n) is 9.51. The number of hydrogen-bond acceptors (Lipinski definition) is 3. The van der Waals surface area contributed by atoms with E-state index in [0.717, 1.165) is 46.6 Å². The highest BCUT2D eigenvalue weighted by Crippen LogP contribution is 2.34. The lowest BCUT2D eigenvalue weighted by molar-refractivity contribution is -0.115. The zero-order valence-corrected chi connectivity index (χ0v) is 19.2. The van der Waals surface area contributed by atoms with Gasteiger partial charge in [0.05, 0.1) is 23.5 Å². The minimum atomic E-state index is -0.324. The Kier molecular flexibility index (Phi) is 6.66. The summed E-state index contributed by atoms with van der Waals surface area (Å²) in [4.78, 5) is 22.7. The maximum absolute atomic E-state index is 13.8. The Balaban J connectivity index is 1.42. The lowest BCUT2D eigenvalue weighted by atomic mass is 9.85. The van der Waals surface area contributed by atoms with Gasteiger partial charge in [0.2, 0.25) is 5.91 Å². The highest BCUT2D eigenvalue weighted by Gasteiger charge is 2.24. The van der Waals surface area contributed by atoms with Crippen LogP contribution >= 0.6 is 0 Å². The van der Waals surface area contributed by atoms with Gasteiger partial charge in [0.15, 0.2) is 5.82 Å². The lowest BCUT2D eigenvalue weighted by Gasteiger charge is -2.23. The Bertz CT molecular complexity index is 1190. The fourth-order valence-electron chi connectivity index (χ4n) is 5.20. The van der Waals surface area contributed by atoms with Crippen molar-refractivity contribution < 1.29 is 13.6 Å². The summed E-state index contributed by atoms with van der Waals surface area (Å²) < 4.78 is 27.0. The predicted octanol–water partition coefficient (Wildman–Crippen LogP) is 6.21. The normalized spacial score (nSPS) is 15.5. The highest BCUT2D eigenvalue weighted by molar-refractivity contribution is 5.92. The van der Waals surface area contributed by atoms with Gasteiger partial charge >= 0.3 is 0 Å². The molecule has 0 unspecified atom stereocenters. The fraction of sp³-hybridized carbons (Fsp3) is 0.393. The summed E-state index contributed by atoms with van der Waals surface area (Å²) in [5, 5.41) is 2.98. The minimum Gasteiger partial charge on any atom is -0.309 e. The van der Waals surface area contributed by atoms with Crippen LogP contribution in [0.2, 0.25) is 0 Å². The number of carbonyl (C=O) groups excluding carboxylic acids is 1. The topological polar surface area (TPSA) is 54.9 Å². The zero-order chi connectivity index (χ0) is 23.5. The van der Waals surface area contributed by atoms with Crippen LogP contribution in [0.25, 0.3) is 11.3 Å². The molecule has 5 rings (SSSR count). The van der Waals surface area contributed by atoms with Gasteiger partial charge in [-0.05, 0) is 73.1 Å². The Morgan fingerprint density at radius 1 is 0.941 bits per heavy atom. The van der Waals surface area contributed by atoms with Crippen molar-refractivity contribution in [2.45, 2.75) is 64.2 Å². The molecule has 3 aromatic rings. The molecule has 34 heavy (non-hydrogen) atoms. The van der Waals surface area contributed by atoms with Crippen LogP contribution in [-0.4, -0.2) is 15.9 Å². The lowest BCUT2D eigenvalue weighted by Crippen LogP contribution is -2.20. The third-order valence-electron chi connectivity index (χ3n) is 7.04. The van der Waals surface area contributed by atoms with Crippen molar-refractivity contribution in [2.75, 3.05) is 5.32 Å². The summed E-state index contributed by atoms with van der Waals surface area (Å²) in [5.41, 5.74) is 5.04. The molecule has 0 radical (unpaired) electrons. The number of hydrogen-bond donors (Lipinski definition) is 1. The first-order valence-corrected chi connectivity index (χ1v) is 12.3. The molecule has 1 amide bonds. The van der Waals surface area contributed by atoms with Gasteiger partial charge in [0, 0.05) is 5.56 Å². The van der Waals surface area contributed by atoms with Crippen LogP contribution in [0.5, 0.6) is 0 Å². The van der Waals surface area contributed by atoms with E-state index in [-0.39, 0.29) is 24.0 Å². The quantitative estimate of drug-likeness (QED) is 0.475. The number of carbonyl (C=O) groups is 1. The van der Waals surface area contributed by atoms with Crippen LogP contribution in [0.4, 0.5) is 14.6 Å². The Morgan fingerprint density at radius 2 is 1.71 bits per heavy atom. The second kappa shape index (κ2) is 10.00. The largest absolute Gasteiger partial charge is 0.309 e. The van der Waals surface area contributed by atoms with E-state index in [4.69, 9.17) is 9.97 Å². The molecule has 0 bridgehead atoms. The number of benzene rings is 2. The molecule has 0 aliphatic heterocycles. The van der Waals surface area contributed by atoms with Crippen LogP contribution in [0, 0.1) is 17.6 Å². The van der Waals surface area contributed by atoms with Crippen molar-refractivity contribution in [2.24, 2.45) is 5.92 Å². The number of aryl methyl sites for hydroxylation is 3. The average molecular weight is 462 g/mol. The highest BCUT2D eigenvalue weighted by atomic mass is 19.1. The van der Waals surface area contributed by atoms with Crippen molar-refractivity contribution in [1.82, 2.24) is 9.97 Å². The van der Waals surface area contributed by atoms with Crippen LogP contribution in [0.3, 0.4) is 0 Å². The summed E-state index contributed by atoms with van der Waals surface area (Å²) >= 11 is 0. The standard InChI is InChI=1S/C28H29F2N3O/c29-21-10-6-19(7-11-21)16-26(34)33-28-25(14-8-18-4-2-1-3-5-18)31-27-23-13-12-22(30)17-20(23)9-15-24(27)32-28/h6-7,10-13,17-18H,1-5,8-9,14-16H2,(H,32,33,34). The first-order chi connectivity index (χ1) is 16.5. The molecule has 0 atom stereocenters. The molecular weight excluding hydrogens is 432 g/mol. The van der Waals surface area contributed by atoms with Gasteiger partial charge in [-0.3, -0.25) is 4.79 Å². The van der Waals surface area contributed by atoms with Gasteiger partial charge in [-0.1, -0.05) is 44.2 Å². The predicted molar refractivity (Wildman–Crippen MR) is 128 cm³/mol. The minimum absolute atomic E-state index is 0.142. The summed E-state index contributed by atoms with van der Waals surface area (Å²) in [6.45, 7) is 0. The number of nitrogens with one attached hydrogen (secondary N) is 1. The van der Waals surface area contributed by atoms with E-state index in [2.05, 4.69) is 5.32 Å². The molecule has 1 aromatic heterocycles. The molecule has 176 valence electrons. The number of halogens is 2. The maximum Gasteiger partial charge on any atom is 0.229 e. The number of fused-ring (bicyclic) bond motifs is 3. The van der Waals surface area contributed by atoms with E-state index < -0.39 is 0 Å². The Labute approximate surface area is 198 Å². The fourth-order valence-corrected chi connectivity index (χ4v) is 5.20. The summed E-state index contributed by atoms with van der Waals surface area (Å²) in [6.07, 6.45) is 9.61. The van der Waals surface area contributed by atoms with E-state index >= 15 is 0 Å². The Hall–Kier alpha value is -3.15. The van der Waals surface area contributed by atoms with E-state index in [1.54, 1.807) is 24.3 Å². The van der Waals surface area contributed by atoms with Gasteiger partial charge < -0.3 is 5.32 Å². The van der Waals surface area contributed by atoms with Crippen LogP contribution in [0.15, 0.2) is 42.5 Å². The van der Waals surface area contributed by atoms with Gasteiger partial charge in [0.25, 0.3) is 0 Å². The molecule has 2 aliphatic rings. The molecule has 1 heterocycles. The first kappa shape index (κ1) is 22.6. The monoisotopic (exact) mass is 461 g/mol. The second-order valence-corrected chi connectivity index (χ2v) is 9.51. The summed E-state index contributed by atoms with van der Waals surface area (Å²) in [6, 6.07) is 10.8. The SMILES string of the molecule is O=C(Cc1ccc(F)cc1)Nc1nc2c(nc1CCC1CCCCC1)-c1ccc(F)cc1CC2. The molecule has 2 aliphatic carbocycles. The first-order valence-electron chi connectivity index (χ1n) is 12.3. The molecule has 1 fully saturated rings. The van der Waals surface area contributed by atoms with Crippen LogP contribution < -0.4 is 5.32 Å². The van der Waals surface area contributed by atoms with Crippen LogP contribution in [0.1, 0.15) is 61.0 Å². The number of aromatic nitrogens is 2. The molecule has 4 nitrogen and oxygen atoms in total. The summed E-state index contributed by atoms with van der Waals surface area (Å²) in [7, 11) is 0. The van der Waals surface area contributed by atoms with Crippen molar-refractivity contribution in [3.63, 3.8) is 0 Å². The number of amides is 1. The third-order valence-corrected chi connectivity index (χ3v) is 7.04. The number of nitrogens with zero attached hydrogens (tertiary/aromatic N) is 2. The van der Waals surface area contributed by atoms with E-state index in [1.807, 2.05) is 0 Å². The van der Waals surface area contributed by atoms with E-state index in [0.29, 0.717) is 24.6 Å². The van der Waals surface area contributed by atoms with Crippen molar-refractivity contribution >= 4 is 11.7 Å². The number of anilines is 1. The van der Waals surface area contributed by atoms with Crippen molar-refractivity contribution in [3.8, 4) is 11.3 Å². The smallest absolute Gasteiger partial charge is 0.229 e. The van der Waals surface area contributed by atoms with Gasteiger partial charge in [-0.25, -0.2) is 18.7 Å². The molecule has 2 aromatic carbocycles. The van der Waals surface area contributed by atoms with E-state index in [9.17, 15) is 13.6 Å². The molecule has 1 N–H and O–H groups in total. The zero-order valence-electron chi connectivity index (χ0n) is 19.2. The third kappa shape index (κ3) is 5.16. The summed E-state index contributed by atoms with van der Waals surface area (Å²) in [5.74, 6) is 0.438. The Morgan fingerprint density at radius 3 is 2.50 bits per heavy atom. The molecule has 0 spiro atoms. The van der Waals surface area contributed by atoms with Crippen molar-refractivity contribution in [3.05, 3.63) is 76.6 Å². The maximum atomic E-state index is 13.8. The molecular formula is C28H29F2N3O. The van der Waals surface area contributed by atoms with Crippen LogP contribution in [-0.2, 0) is 30.5 Å². The van der Waals surface area contributed by atoms with Crippen molar-refractivity contribution in [1.29, 1.82) is 0 Å². The number of rotatable bonds is 6. The van der Waals surface area contributed by atoms with Gasteiger partial charge in [-0.2, -0.15) is 0 Å². The molecule has 0 saturated heterocycles. The molecule has 6 heteroatoms. The van der Waals surface area contributed by atoms with E-state index in [1.165, 1.54) is 50.3 Å². The van der Waals surface area contributed by atoms with Gasteiger partial charge in [0.1, 0.15) is 11.6 Å². The average Bonchev–Trinajstić information content (AvgIpc) is 2.84. The molecule has 1 saturated carbocycles.